The van der Waals surface area contributed by atoms with Gasteiger partial charge in [-0.15, -0.1) is 0 Å². The van der Waals surface area contributed by atoms with E-state index >= 15 is 0 Å². The SMILES string of the molecule is CNC(CSC1CCCC1)c1cc(Cl)ccc1Cl. The highest BCUT2D eigenvalue weighted by Gasteiger charge is 2.19. The van der Waals surface area contributed by atoms with E-state index in [9.17, 15) is 0 Å². The van der Waals surface area contributed by atoms with Gasteiger partial charge in [-0.1, -0.05) is 36.0 Å². The van der Waals surface area contributed by atoms with E-state index in [-0.39, 0.29) is 6.04 Å². The van der Waals surface area contributed by atoms with E-state index in [2.05, 4.69) is 17.1 Å². The van der Waals surface area contributed by atoms with Crippen molar-refractivity contribution >= 4 is 35.0 Å². The van der Waals surface area contributed by atoms with Gasteiger partial charge in [-0.25, -0.2) is 0 Å². The van der Waals surface area contributed by atoms with Gasteiger partial charge in [-0.3, -0.25) is 0 Å². The summed E-state index contributed by atoms with van der Waals surface area (Å²) in [5.41, 5.74) is 1.11. The number of thioether (sulfide) groups is 1. The maximum Gasteiger partial charge on any atom is 0.0455 e. The van der Waals surface area contributed by atoms with Crippen molar-refractivity contribution in [2.75, 3.05) is 12.8 Å². The molecule has 0 saturated heterocycles. The third kappa shape index (κ3) is 3.80. The van der Waals surface area contributed by atoms with E-state index in [1.54, 1.807) is 0 Å². The van der Waals surface area contributed by atoms with Crippen molar-refractivity contribution < 1.29 is 0 Å². The minimum Gasteiger partial charge on any atom is -0.312 e. The highest BCUT2D eigenvalue weighted by atomic mass is 35.5. The summed E-state index contributed by atoms with van der Waals surface area (Å²) in [6, 6.07) is 5.97. The Bertz CT molecular complexity index is 391. The van der Waals surface area contributed by atoms with Crippen molar-refractivity contribution in [3.05, 3.63) is 33.8 Å². The molecular formula is C14H19Cl2NS. The van der Waals surface area contributed by atoms with Gasteiger partial charge in [0.1, 0.15) is 0 Å². The fourth-order valence-electron chi connectivity index (χ4n) is 2.40. The van der Waals surface area contributed by atoms with Crippen LogP contribution in [0.3, 0.4) is 0 Å². The maximum atomic E-state index is 6.26. The predicted octanol–water partition coefficient (Wildman–Crippen LogP) is 4.93. The zero-order valence-electron chi connectivity index (χ0n) is 10.6. The summed E-state index contributed by atoms with van der Waals surface area (Å²) in [6.45, 7) is 0. The number of hydrogen-bond donors (Lipinski definition) is 1. The second-order valence-electron chi connectivity index (χ2n) is 4.75. The first kappa shape index (κ1) is 14.5. The van der Waals surface area contributed by atoms with Crippen LogP contribution in [0.2, 0.25) is 10.0 Å². The highest BCUT2D eigenvalue weighted by molar-refractivity contribution is 7.99. The van der Waals surface area contributed by atoms with Gasteiger partial charge in [0.25, 0.3) is 0 Å². The third-order valence-electron chi connectivity index (χ3n) is 3.48. The van der Waals surface area contributed by atoms with Crippen LogP contribution < -0.4 is 5.32 Å². The van der Waals surface area contributed by atoms with Crippen molar-refractivity contribution in [3.8, 4) is 0 Å². The molecule has 0 radical (unpaired) electrons. The van der Waals surface area contributed by atoms with Crippen LogP contribution >= 0.6 is 35.0 Å². The maximum absolute atomic E-state index is 6.26. The van der Waals surface area contributed by atoms with E-state index in [4.69, 9.17) is 23.2 Å². The molecule has 100 valence electrons. The standard InChI is InChI=1S/C14H19Cl2NS/c1-17-14(9-18-11-4-2-3-5-11)12-8-10(15)6-7-13(12)16/h6-8,11,14,17H,2-5,9H2,1H3. The van der Waals surface area contributed by atoms with Crippen LogP contribution in [-0.4, -0.2) is 18.1 Å². The Morgan fingerprint density at radius 2 is 2.06 bits per heavy atom. The molecule has 1 aromatic rings. The number of nitrogens with one attached hydrogen (secondary N) is 1. The van der Waals surface area contributed by atoms with Crippen LogP contribution in [0.4, 0.5) is 0 Å². The van der Waals surface area contributed by atoms with Crippen molar-refractivity contribution in [1.82, 2.24) is 5.32 Å². The van der Waals surface area contributed by atoms with Gasteiger partial charge in [0.15, 0.2) is 0 Å². The number of halogens is 2. The molecule has 18 heavy (non-hydrogen) atoms. The molecule has 1 fully saturated rings. The second-order valence-corrected chi connectivity index (χ2v) is 6.92. The summed E-state index contributed by atoms with van der Waals surface area (Å²) < 4.78 is 0. The first-order chi connectivity index (χ1) is 8.70. The number of rotatable bonds is 5. The lowest BCUT2D eigenvalue weighted by Gasteiger charge is -2.20. The van der Waals surface area contributed by atoms with Crippen LogP contribution in [-0.2, 0) is 0 Å². The van der Waals surface area contributed by atoms with Crippen molar-refractivity contribution in [2.45, 2.75) is 37.0 Å². The van der Waals surface area contributed by atoms with E-state index < -0.39 is 0 Å². The van der Waals surface area contributed by atoms with E-state index in [1.807, 2.05) is 25.2 Å². The first-order valence-corrected chi connectivity index (χ1v) is 8.25. The molecule has 1 aliphatic rings. The molecule has 0 heterocycles. The number of benzene rings is 1. The molecule has 1 unspecified atom stereocenters. The smallest absolute Gasteiger partial charge is 0.0455 e. The Labute approximate surface area is 124 Å². The van der Waals surface area contributed by atoms with Gasteiger partial charge in [0.2, 0.25) is 0 Å². The molecule has 1 nitrogen and oxygen atoms in total. The van der Waals surface area contributed by atoms with E-state index in [0.717, 1.165) is 26.6 Å². The van der Waals surface area contributed by atoms with Gasteiger partial charge in [-0.05, 0) is 43.7 Å². The van der Waals surface area contributed by atoms with Crippen molar-refractivity contribution in [2.24, 2.45) is 0 Å². The van der Waals surface area contributed by atoms with Gasteiger partial charge in [0, 0.05) is 27.1 Å². The molecule has 0 spiro atoms. The molecule has 1 atom stereocenters. The van der Waals surface area contributed by atoms with Gasteiger partial charge >= 0.3 is 0 Å². The summed E-state index contributed by atoms with van der Waals surface area (Å²) >= 11 is 14.4. The Kier molecular flexibility index (Phi) is 5.68. The molecule has 0 bridgehead atoms. The Morgan fingerprint density at radius 3 is 2.72 bits per heavy atom. The predicted molar refractivity (Wildman–Crippen MR) is 83.0 cm³/mol. The zero-order valence-corrected chi connectivity index (χ0v) is 12.9. The zero-order chi connectivity index (χ0) is 13.0. The molecule has 1 aliphatic carbocycles. The summed E-state index contributed by atoms with van der Waals surface area (Å²) in [5, 5.41) is 5.73. The lowest BCUT2D eigenvalue weighted by atomic mass is 10.1. The van der Waals surface area contributed by atoms with E-state index in [1.165, 1.54) is 25.7 Å². The molecule has 0 amide bonds. The fourth-order valence-corrected chi connectivity index (χ4v) is 4.30. The molecule has 0 aromatic heterocycles. The topological polar surface area (TPSA) is 12.0 Å². The lowest BCUT2D eigenvalue weighted by molar-refractivity contribution is 0.660. The quantitative estimate of drug-likeness (QED) is 0.828. The van der Waals surface area contributed by atoms with E-state index in [0.29, 0.717) is 0 Å². The van der Waals surface area contributed by atoms with Crippen LogP contribution in [0.15, 0.2) is 18.2 Å². The normalized spacial score (nSPS) is 18.2. The van der Waals surface area contributed by atoms with Crippen molar-refractivity contribution in [1.29, 1.82) is 0 Å². The summed E-state index contributed by atoms with van der Waals surface area (Å²) in [5.74, 6) is 1.06. The largest absolute Gasteiger partial charge is 0.312 e. The Balaban J connectivity index is 2.00. The van der Waals surface area contributed by atoms with Gasteiger partial charge < -0.3 is 5.32 Å². The van der Waals surface area contributed by atoms with Gasteiger partial charge in [0.05, 0.1) is 0 Å². The lowest BCUT2D eigenvalue weighted by Crippen LogP contribution is -2.20. The molecule has 4 heteroatoms. The summed E-state index contributed by atoms with van der Waals surface area (Å²) in [4.78, 5) is 0. The molecule has 1 aromatic carbocycles. The van der Waals surface area contributed by atoms with Crippen molar-refractivity contribution in [3.63, 3.8) is 0 Å². The minimum atomic E-state index is 0.279. The first-order valence-electron chi connectivity index (χ1n) is 6.44. The molecule has 1 N–H and O–H groups in total. The fraction of sp³-hybridized carbons (Fsp3) is 0.571. The molecule has 2 rings (SSSR count). The Hall–Kier alpha value is 0.110. The van der Waals surface area contributed by atoms with Gasteiger partial charge in [-0.2, -0.15) is 11.8 Å². The molecular weight excluding hydrogens is 285 g/mol. The van der Waals surface area contributed by atoms with Crippen LogP contribution in [0.25, 0.3) is 0 Å². The van der Waals surface area contributed by atoms with Crippen LogP contribution in [0.5, 0.6) is 0 Å². The second kappa shape index (κ2) is 7.04. The Morgan fingerprint density at radius 1 is 1.33 bits per heavy atom. The summed E-state index contributed by atoms with van der Waals surface area (Å²) in [6.07, 6.45) is 5.51. The minimum absolute atomic E-state index is 0.279. The third-order valence-corrected chi connectivity index (χ3v) is 5.53. The molecule has 0 aliphatic heterocycles. The molecule has 1 saturated carbocycles. The summed E-state index contributed by atoms with van der Waals surface area (Å²) in [7, 11) is 1.98. The average Bonchev–Trinajstić information content (AvgIpc) is 2.87. The average molecular weight is 304 g/mol. The van der Waals surface area contributed by atoms with Crippen LogP contribution in [0.1, 0.15) is 37.3 Å². The monoisotopic (exact) mass is 303 g/mol. The number of hydrogen-bond acceptors (Lipinski definition) is 2. The highest BCUT2D eigenvalue weighted by Crippen LogP contribution is 2.34. The van der Waals surface area contributed by atoms with Crippen LogP contribution in [0, 0.1) is 0 Å².